The standard InChI is InChI=1S/C22H32N4O2.ClH.H2O/c1-15-12-19(27)26(11-7-10-24(4)5)23-21(15)16-8-9-18-17(13-16)22(2,3)14-20(28)25(18)6;;/h8-9,13,15H,7,10-12,14H2,1-6H3;1H;1H2. The minimum Gasteiger partial charge on any atom is -0.412 e. The Morgan fingerprint density at radius 2 is 1.87 bits per heavy atom. The van der Waals surface area contributed by atoms with Gasteiger partial charge >= 0.3 is 0 Å². The Morgan fingerprint density at radius 3 is 2.50 bits per heavy atom. The molecular weight excluding hydrogens is 404 g/mol. The van der Waals surface area contributed by atoms with E-state index in [4.69, 9.17) is 5.10 Å². The molecule has 7 nitrogen and oxygen atoms in total. The van der Waals surface area contributed by atoms with Gasteiger partial charge in [0.2, 0.25) is 11.8 Å². The molecule has 3 rings (SSSR count). The van der Waals surface area contributed by atoms with Crippen LogP contribution in [0, 0.1) is 5.92 Å². The number of rotatable bonds is 5. The molecule has 2 amide bonds. The summed E-state index contributed by atoms with van der Waals surface area (Å²) < 4.78 is 0. The van der Waals surface area contributed by atoms with Crippen LogP contribution in [-0.2, 0) is 15.0 Å². The number of hydrogen-bond donors (Lipinski definition) is 0. The topological polar surface area (TPSA) is 87.7 Å². The quantitative estimate of drug-likeness (QED) is 0.707. The van der Waals surface area contributed by atoms with E-state index in [2.05, 4.69) is 31.7 Å². The molecule has 0 bridgehead atoms. The largest absolute Gasteiger partial charge is 0.412 e. The number of benzene rings is 1. The highest BCUT2D eigenvalue weighted by Crippen LogP contribution is 2.40. The van der Waals surface area contributed by atoms with Crippen molar-refractivity contribution in [2.24, 2.45) is 11.0 Å². The van der Waals surface area contributed by atoms with E-state index in [-0.39, 0.29) is 41.0 Å². The van der Waals surface area contributed by atoms with E-state index >= 15 is 0 Å². The smallest absolute Gasteiger partial charge is 0.243 e. The third-order valence-corrected chi connectivity index (χ3v) is 5.79. The first kappa shape index (κ1) is 26.1. The summed E-state index contributed by atoms with van der Waals surface area (Å²) in [6.07, 6.45) is 1.88. The molecule has 1 unspecified atom stereocenters. The average Bonchev–Trinajstić information content (AvgIpc) is 2.61. The first-order valence-electron chi connectivity index (χ1n) is 10.0. The van der Waals surface area contributed by atoms with Crippen molar-refractivity contribution < 1.29 is 15.1 Å². The maximum Gasteiger partial charge on any atom is 0.243 e. The Kier molecular flexibility index (Phi) is 8.60. The van der Waals surface area contributed by atoms with Gasteiger partial charge in [-0.2, -0.15) is 5.10 Å². The van der Waals surface area contributed by atoms with E-state index in [1.807, 2.05) is 33.3 Å². The van der Waals surface area contributed by atoms with Gasteiger partial charge in [-0.1, -0.05) is 26.8 Å². The molecule has 2 aliphatic heterocycles. The number of carbonyl (C=O) groups is 2. The normalized spacial score (nSPS) is 20.4. The number of fused-ring (bicyclic) bond motifs is 1. The Labute approximate surface area is 185 Å². The average molecular weight is 439 g/mol. The molecule has 168 valence electrons. The molecule has 0 aromatic heterocycles. The zero-order valence-corrected chi connectivity index (χ0v) is 19.7. The van der Waals surface area contributed by atoms with Gasteiger partial charge in [0.15, 0.2) is 0 Å². The second kappa shape index (κ2) is 9.90. The van der Waals surface area contributed by atoms with Crippen LogP contribution < -0.4 is 4.90 Å². The van der Waals surface area contributed by atoms with Crippen molar-refractivity contribution in [2.45, 2.75) is 45.4 Å². The summed E-state index contributed by atoms with van der Waals surface area (Å²) >= 11 is 0. The molecule has 0 aliphatic carbocycles. The number of amides is 2. The summed E-state index contributed by atoms with van der Waals surface area (Å²) in [5, 5.41) is 6.38. The van der Waals surface area contributed by atoms with Gasteiger partial charge in [0.05, 0.1) is 5.71 Å². The molecule has 2 N–H and O–H groups in total. The minimum absolute atomic E-state index is 0. The lowest BCUT2D eigenvalue weighted by Gasteiger charge is -2.37. The Hall–Kier alpha value is -1.96. The highest BCUT2D eigenvalue weighted by Gasteiger charge is 2.36. The molecule has 2 aliphatic rings. The molecular formula is C22H35ClN4O3. The van der Waals surface area contributed by atoms with Gasteiger partial charge in [-0.15, -0.1) is 12.4 Å². The summed E-state index contributed by atoms with van der Waals surface area (Å²) in [5.74, 6) is 0.326. The molecule has 0 radical (unpaired) electrons. The summed E-state index contributed by atoms with van der Waals surface area (Å²) in [7, 11) is 5.90. The fourth-order valence-electron chi connectivity index (χ4n) is 4.06. The van der Waals surface area contributed by atoms with Crippen molar-refractivity contribution >= 4 is 35.6 Å². The van der Waals surface area contributed by atoms with Crippen molar-refractivity contribution in [3.63, 3.8) is 0 Å². The van der Waals surface area contributed by atoms with Gasteiger partial charge in [-0.25, -0.2) is 5.01 Å². The summed E-state index contributed by atoms with van der Waals surface area (Å²) in [6.45, 7) is 7.86. The molecule has 0 spiro atoms. The Balaban J connectivity index is 0.00000225. The van der Waals surface area contributed by atoms with E-state index in [0.717, 1.165) is 35.5 Å². The lowest BCUT2D eigenvalue weighted by molar-refractivity contribution is -0.132. The molecule has 1 aromatic rings. The molecule has 1 aromatic carbocycles. The van der Waals surface area contributed by atoms with Crippen molar-refractivity contribution in [3.8, 4) is 0 Å². The Bertz CT molecular complexity index is 823. The lowest BCUT2D eigenvalue weighted by atomic mass is 9.76. The molecule has 30 heavy (non-hydrogen) atoms. The highest BCUT2D eigenvalue weighted by molar-refractivity contribution is 6.07. The van der Waals surface area contributed by atoms with Crippen molar-refractivity contribution in [3.05, 3.63) is 29.3 Å². The van der Waals surface area contributed by atoms with Gasteiger partial charge in [0, 0.05) is 43.5 Å². The van der Waals surface area contributed by atoms with Crippen molar-refractivity contribution in [1.29, 1.82) is 0 Å². The van der Waals surface area contributed by atoms with Crippen molar-refractivity contribution in [2.75, 3.05) is 39.1 Å². The molecule has 0 fully saturated rings. The monoisotopic (exact) mass is 438 g/mol. The van der Waals surface area contributed by atoms with E-state index in [1.54, 1.807) is 9.91 Å². The Morgan fingerprint density at radius 1 is 1.20 bits per heavy atom. The van der Waals surface area contributed by atoms with Crippen LogP contribution in [0.3, 0.4) is 0 Å². The summed E-state index contributed by atoms with van der Waals surface area (Å²) in [5.41, 5.74) is 3.93. The number of hydrogen-bond acceptors (Lipinski definition) is 4. The summed E-state index contributed by atoms with van der Waals surface area (Å²) in [4.78, 5) is 28.6. The summed E-state index contributed by atoms with van der Waals surface area (Å²) in [6, 6.07) is 6.22. The van der Waals surface area contributed by atoms with Crippen LogP contribution in [0.5, 0.6) is 0 Å². The van der Waals surface area contributed by atoms with Gasteiger partial charge in [0.25, 0.3) is 0 Å². The number of hydrazone groups is 1. The van der Waals surface area contributed by atoms with Crippen LogP contribution in [0.15, 0.2) is 23.3 Å². The SMILES string of the molecule is CC1CC(=O)N(CCCN(C)C)N=C1c1ccc2c(c1)C(C)(C)CC(=O)N2C.Cl.O. The lowest BCUT2D eigenvalue weighted by Crippen LogP contribution is -2.40. The van der Waals surface area contributed by atoms with Gasteiger partial charge in [-0.3, -0.25) is 9.59 Å². The van der Waals surface area contributed by atoms with Crippen LogP contribution in [-0.4, -0.2) is 67.1 Å². The maximum absolute atomic E-state index is 12.4. The van der Waals surface area contributed by atoms with Crippen molar-refractivity contribution in [1.82, 2.24) is 9.91 Å². The molecule has 2 heterocycles. The second-order valence-corrected chi connectivity index (χ2v) is 9.01. The third kappa shape index (κ3) is 5.20. The van der Waals surface area contributed by atoms with E-state index in [9.17, 15) is 9.59 Å². The molecule has 8 heteroatoms. The highest BCUT2D eigenvalue weighted by atomic mass is 35.5. The van der Waals surface area contributed by atoms with Crippen LogP contribution in [0.4, 0.5) is 5.69 Å². The molecule has 0 saturated carbocycles. The van der Waals surface area contributed by atoms with Gasteiger partial charge in [-0.05, 0) is 50.3 Å². The van der Waals surface area contributed by atoms with E-state index in [1.165, 1.54) is 0 Å². The minimum atomic E-state index is -0.214. The van der Waals surface area contributed by atoms with Crippen LogP contribution in [0.2, 0.25) is 0 Å². The fraction of sp³-hybridized carbons (Fsp3) is 0.591. The van der Waals surface area contributed by atoms with Gasteiger partial charge < -0.3 is 15.3 Å². The number of carbonyl (C=O) groups excluding carboxylic acids is 2. The number of anilines is 1. The molecule has 0 saturated heterocycles. The van der Waals surface area contributed by atoms with E-state index < -0.39 is 0 Å². The zero-order chi connectivity index (χ0) is 20.6. The zero-order valence-electron chi connectivity index (χ0n) is 18.9. The molecule has 1 atom stereocenters. The second-order valence-electron chi connectivity index (χ2n) is 9.01. The van der Waals surface area contributed by atoms with Crippen LogP contribution >= 0.6 is 12.4 Å². The predicted molar refractivity (Wildman–Crippen MR) is 124 cm³/mol. The van der Waals surface area contributed by atoms with E-state index in [0.29, 0.717) is 19.4 Å². The first-order valence-corrected chi connectivity index (χ1v) is 10.0. The third-order valence-electron chi connectivity index (χ3n) is 5.79. The fourth-order valence-corrected chi connectivity index (χ4v) is 4.06. The van der Waals surface area contributed by atoms with Gasteiger partial charge in [0.1, 0.15) is 0 Å². The number of nitrogens with zero attached hydrogens (tertiary/aromatic N) is 4. The maximum atomic E-state index is 12.4. The van der Waals surface area contributed by atoms with Crippen LogP contribution in [0.1, 0.15) is 51.2 Å². The number of halogens is 1. The first-order chi connectivity index (χ1) is 13.1. The van der Waals surface area contributed by atoms with Crippen LogP contribution in [0.25, 0.3) is 0 Å². The predicted octanol–water partition coefficient (Wildman–Crippen LogP) is 2.45.